The average molecular weight is 518 g/mol. The molecule has 0 saturated carbocycles. The van der Waals surface area contributed by atoms with E-state index in [1.807, 2.05) is 11.8 Å². The second kappa shape index (κ2) is 12.3. The zero-order valence-corrected chi connectivity index (χ0v) is 20.5. The Bertz CT molecular complexity index is 917. The van der Waals surface area contributed by atoms with Gasteiger partial charge >= 0.3 is 5.97 Å². The van der Waals surface area contributed by atoms with Crippen LogP contribution >= 0.6 is 35.6 Å². The maximum atomic E-state index is 12.7. The number of hydrogen-bond donors (Lipinski definition) is 2. The molecule has 0 spiro atoms. The lowest BCUT2D eigenvalue weighted by Gasteiger charge is -2.43. The second-order valence-corrected chi connectivity index (χ2v) is 8.51. The molecule has 33 heavy (non-hydrogen) atoms. The summed E-state index contributed by atoms with van der Waals surface area (Å²) in [6.45, 7) is 2.60. The van der Waals surface area contributed by atoms with Crippen molar-refractivity contribution in [1.29, 1.82) is 0 Å². The first-order valence-corrected chi connectivity index (χ1v) is 11.2. The largest absolute Gasteiger partial charge is 0.484 e. The van der Waals surface area contributed by atoms with Crippen LogP contribution in [0.15, 0.2) is 48.5 Å². The smallest absolute Gasteiger partial charge is 0.320 e. The highest BCUT2D eigenvalue weighted by Crippen LogP contribution is 2.29. The molecule has 0 radical (unpaired) electrons. The number of amides is 1. The van der Waals surface area contributed by atoms with Gasteiger partial charge in [0.25, 0.3) is 5.91 Å². The number of carbonyl (C=O) groups excluding carboxylic acids is 1. The molecule has 1 fully saturated rings. The van der Waals surface area contributed by atoms with E-state index in [-0.39, 0.29) is 24.9 Å². The fourth-order valence-electron chi connectivity index (χ4n) is 3.74. The number of aliphatic carboxylic acids is 1. The number of likely N-dealkylation sites (tertiary alicyclic amines) is 1. The van der Waals surface area contributed by atoms with Gasteiger partial charge in [-0.15, -0.1) is 12.4 Å². The minimum Gasteiger partial charge on any atom is -0.484 e. The van der Waals surface area contributed by atoms with E-state index < -0.39 is 17.7 Å². The molecule has 2 N–H and O–H groups in total. The number of benzene rings is 2. The SMILES string of the molecule is CCC(C(=O)O)N1CCC(NC(=O)COc2ccc(Cl)cc2)(Oc2ccc(Cl)cc2)CC1.Cl. The summed E-state index contributed by atoms with van der Waals surface area (Å²) in [6.07, 6.45) is 1.35. The second-order valence-electron chi connectivity index (χ2n) is 7.64. The Kier molecular flexibility index (Phi) is 10.1. The van der Waals surface area contributed by atoms with E-state index in [4.69, 9.17) is 32.7 Å². The molecule has 1 unspecified atom stereocenters. The monoisotopic (exact) mass is 516 g/mol. The fourth-order valence-corrected chi connectivity index (χ4v) is 3.99. The van der Waals surface area contributed by atoms with Crippen molar-refractivity contribution in [3.63, 3.8) is 0 Å². The number of carboxylic acid groups (broad SMARTS) is 1. The van der Waals surface area contributed by atoms with Crippen molar-refractivity contribution in [2.45, 2.75) is 38.0 Å². The number of nitrogens with zero attached hydrogens (tertiary/aromatic N) is 1. The summed E-state index contributed by atoms with van der Waals surface area (Å²) in [6, 6.07) is 13.1. The van der Waals surface area contributed by atoms with Crippen LogP contribution in [0, 0.1) is 0 Å². The van der Waals surface area contributed by atoms with Gasteiger partial charge in [0.15, 0.2) is 12.3 Å². The molecule has 0 aromatic heterocycles. The number of hydrogen-bond acceptors (Lipinski definition) is 5. The molecule has 2 aromatic carbocycles. The van der Waals surface area contributed by atoms with Gasteiger partial charge in [-0.2, -0.15) is 0 Å². The van der Waals surface area contributed by atoms with Crippen LogP contribution in [0.25, 0.3) is 0 Å². The van der Waals surface area contributed by atoms with Crippen LogP contribution in [0.1, 0.15) is 26.2 Å². The minimum absolute atomic E-state index is 0. The van der Waals surface area contributed by atoms with Crippen LogP contribution in [0.2, 0.25) is 10.0 Å². The van der Waals surface area contributed by atoms with E-state index in [2.05, 4.69) is 5.32 Å². The highest BCUT2D eigenvalue weighted by molar-refractivity contribution is 6.30. The van der Waals surface area contributed by atoms with Gasteiger partial charge in [0, 0.05) is 36.0 Å². The average Bonchev–Trinajstić information content (AvgIpc) is 2.77. The number of halogens is 3. The lowest BCUT2D eigenvalue weighted by Crippen LogP contribution is -2.61. The molecule has 1 aliphatic heterocycles. The third-order valence-corrected chi connectivity index (χ3v) is 5.90. The molecule has 0 bridgehead atoms. The first-order chi connectivity index (χ1) is 15.3. The summed E-state index contributed by atoms with van der Waals surface area (Å²) in [7, 11) is 0. The van der Waals surface area contributed by atoms with Crippen molar-refractivity contribution in [3.05, 3.63) is 58.6 Å². The predicted octanol–water partition coefficient (Wildman–Crippen LogP) is 4.64. The third kappa shape index (κ3) is 7.67. The summed E-state index contributed by atoms with van der Waals surface area (Å²) in [5.41, 5.74) is -0.985. The van der Waals surface area contributed by atoms with E-state index in [0.29, 0.717) is 53.9 Å². The van der Waals surface area contributed by atoms with E-state index >= 15 is 0 Å². The standard InChI is InChI=1S/C23H26Cl2N2O5.ClH/c1-2-20(22(29)30)27-13-11-23(12-14-27,32-19-9-5-17(25)6-10-19)26-21(28)15-31-18-7-3-16(24)4-8-18;/h3-10,20H,2,11-15H2,1H3,(H,26,28)(H,29,30);1H. The summed E-state index contributed by atoms with van der Waals surface area (Å²) in [5, 5.41) is 13.6. The molecule has 2 aromatic rings. The highest BCUT2D eigenvalue weighted by Gasteiger charge is 2.40. The third-order valence-electron chi connectivity index (χ3n) is 5.40. The zero-order chi connectivity index (χ0) is 23.1. The molecule has 1 heterocycles. The molecule has 1 saturated heterocycles. The molecule has 180 valence electrons. The lowest BCUT2D eigenvalue weighted by molar-refractivity contribution is -0.147. The van der Waals surface area contributed by atoms with Crippen LogP contribution in [-0.2, 0) is 9.59 Å². The Balaban J connectivity index is 0.00000385. The maximum absolute atomic E-state index is 12.7. The normalized spacial score (nSPS) is 16.2. The molecule has 1 aliphatic rings. The quantitative estimate of drug-likeness (QED) is 0.471. The molecule has 7 nitrogen and oxygen atoms in total. The summed E-state index contributed by atoms with van der Waals surface area (Å²) in [4.78, 5) is 26.2. The van der Waals surface area contributed by atoms with Crippen LogP contribution in [0.3, 0.4) is 0 Å². The number of carbonyl (C=O) groups is 2. The Hall–Kier alpha value is -2.19. The van der Waals surface area contributed by atoms with Crippen molar-refractivity contribution < 1.29 is 24.2 Å². The van der Waals surface area contributed by atoms with Crippen LogP contribution < -0.4 is 14.8 Å². The number of ether oxygens (including phenoxy) is 2. The van der Waals surface area contributed by atoms with Gasteiger partial charge in [-0.3, -0.25) is 14.5 Å². The number of piperidine rings is 1. The number of nitrogens with one attached hydrogen (secondary N) is 1. The minimum atomic E-state index is -0.985. The van der Waals surface area contributed by atoms with Gasteiger partial charge in [0.2, 0.25) is 0 Å². The molecule has 0 aliphatic carbocycles. The Morgan fingerprint density at radius 2 is 1.55 bits per heavy atom. The Labute approximate surface area is 209 Å². The van der Waals surface area contributed by atoms with Crippen LogP contribution in [0.5, 0.6) is 11.5 Å². The summed E-state index contributed by atoms with van der Waals surface area (Å²) < 4.78 is 11.8. The zero-order valence-electron chi connectivity index (χ0n) is 18.1. The maximum Gasteiger partial charge on any atom is 0.320 e. The van der Waals surface area contributed by atoms with Gasteiger partial charge in [0.05, 0.1) is 0 Å². The molecular formula is C23H27Cl3N2O5. The van der Waals surface area contributed by atoms with Crippen molar-refractivity contribution >= 4 is 47.5 Å². The van der Waals surface area contributed by atoms with Crippen molar-refractivity contribution in [3.8, 4) is 11.5 Å². The van der Waals surface area contributed by atoms with Crippen LogP contribution in [0.4, 0.5) is 0 Å². The summed E-state index contributed by atoms with van der Waals surface area (Å²) in [5.74, 6) is -0.0991. The lowest BCUT2D eigenvalue weighted by atomic mass is 9.97. The first-order valence-electron chi connectivity index (χ1n) is 10.4. The van der Waals surface area contributed by atoms with Gasteiger partial charge in [-0.05, 0) is 55.0 Å². The fraction of sp³-hybridized carbons (Fsp3) is 0.391. The summed E-state index contributed by atoms with van der Waals surface area (Å²) >= 11 is 11.8. The molecular weight excluding hydrogens is 491 g/mol. The topological polar surface area (TPSA) is 88.1 Å². The predicted molar refractivity (Wildman–Crippen MR) is 130 cm³/mol. The van der Waals surface area contributed by atoms with Crippen molar-refractivity contribution in [2.75, 3.05) is 19.7 Å². The molecule has 1 amide bonds. The van der Waals surface area contributed by atoms with Crippen LogP contribution in [-0.4, -0.2) is 53.3 Å². The molecule has 10 heteroatoms. The van der Waals surface area contributed by atoms with E-state index in [1.54, 1.807) is 48.5 Å². The van der Waals surface area contributed by atoms with Gasteiger partial charge in [-0.1, -0.05) is 30.1 Å². The molecule has 1 atom stereocenters. The van der Waals surface area contributed by atoms with E-state index in [9.17, 15) is 14.7 Å². The Morgan fingerprint density at radius 3 is 2.03 bits per heavy atom. The van der Waals surface area contributed by atoms with E-state index in [0.717, 1.165) is 0 Å². The highest BCUT2D eigenvalue weighted by atomic mass is 35.5. The molecule has 3 rings (SSSR count). The van der Waals surface area contributed by atoms with Crippen molar-refractivity contribution in [2.24, 2.45) is 0 Å². The van der Waals surface area contributed by atoms with Gasteiger partial charge < -0.3 is 19.9 Å². The number of carboxylic acids is 1. The van der Waals surface area contributed by atoms with Gasteiger partial charge in [0.1, 0.15) is 17.5 Å². The number of rotatable bonds is 9. The van der Waals surface area contributed by atoms with E-state index in [1.165, 1.54) is 0 Å². The Morgan fingerprint density at radius 1 is 1.03 bits per heavy atom. The van der Waals surface area contributed by atoms with Crippen molar-refractivity contribution in [1.82, 2.24) is 10.2 Å². The first kappa shape index (κ1) is 27.1. The van der Waals surface area contributed by atoms with Gasteiger partial charge in [-0.25, -0.2) is 0 Å².